The van der Waals surface area contributed by atoms with E-state index in [1.165, 1.54) is 12.1 Å². The van der Waals surface area contributed by atoms with Crippen LogP contribution in [0.25, 0.3) is 20.6 Å². The number of Topliss-reactive ketones (excluding diaryl/α,β-unsaturated/α-hetero) is 2. The van der Waals surface area contributed by atoms with Crippen LogP contribution in [0.5, 0.6) is 0 Å². The minimum absolute atomic E-state index is 0.0441. The second-order valence-electron chi connectivity index (χ2n) is 9.91. The zero-order valence-corrected chi connectivity index (χ0v) is 22.4. The van der Waals surface area contributed by atoms with E-state index in [-0.39, 0.29) is 16.7 Å². The highest BCUT2D eigenvalue weighted by Crippen LogP contribution is 2.43. The molecule has 0 unspecified atom stereocenters. The molecular formula is C32H16F6O4S. The molecule has 0 N–H and O–H groups in total. The van der Waals surface area contributed by atoms with Crippen LogP contribution in [-0.2, 0) is 22.2 Å². The number of fused-ring (bicyclic) bond motifs is 2. The van der Waals surface area contributed by atoms with Crippen molar-refractivity contribution in [2.75, 3.05) is 0 Å². The van der Waals surface area contributed by atoms with Gasteiger partial charge >= 0.3 is 12.4 Å². The zero-order valence-electron chi connectivity index (χ0n) is 21.5. The number of benzene rings is 4. The molecule has 0 amide bonds. The second kappa shape index (κ2) is 9.63. The van der Waals surface area contributed by atoms with Gasteiger partial charge in [-0.2, -0.15) is 26.3 Å². The van der Waals surface area contributed by atoms with Crippen molar-refractivity contribution in [1.29, 1.82) is 0 Å². The molecule has 4 aromatic rings. The van der Waals surface area contributed by atoms with Crippen LogP contribution < -0.4 is 0 Å². The van der Waals surface area contributed by atoms with Gasteiger partial charge in [0, 0.05) is 11.1 Å². The lowest BCUT2D eigenvalue weighted by Crippen LogP contribution is -2.15. The summed E-state index contributed by atoms with van der Waals surface area (Å²) >= 11 is 0. The van der Waals surface area contributed by atoms with Gasteiger partial charge in [-0.1, -0.05) is 48.5 Å². The first-order valence-electron chi connectivity index (χ1n) is 12.6. The van der Waals surface area contributed by atoms with Gasteiger partial charge in [-0.3, -0.25) is 9.59 Å². The van der Waals surface area contributed by atoms with Crippen LogP contribution in [0.1, 0.15) is 43.0 Å². The SMILES string of the molecule is O=C1C(=C2C=C(c3cccc(C(F)(F)F)c3)S(=O)(=O)C(c3cccc(C(F)(F)F)c3)=C2)C(=O)c2cc3ccccc3cc21. The van der Waals surface area contributed by atoms with Crippen LogP contribution in [0.3, 0.4) is 0 Å². The van der Waals surface area contributed by atoms with Crippen LogP contribution in [0.15, 0.2) is 108 Å². The van der Waals surface area contributed by atoms with Crippen molar-refractivity contribution < 1.29 is 44.3 Å². The van der Waals surface area contributed by atoms with Gasteiger partial charge in [0.25, 0.3) is 0 Å². The molecule has 0 spiro atoms. The molecule has 1 aliphatic carbocycles. The standard InChI is InChI=1S/C32H16F6O4S/c33-31(34,35)22-9-3-7-19(11-22)26-15-21(16-27(43(26,41)42)20-8-4-10-23(12-20)32(36,37)38)28-29(39)24-13-17-5-1-2-6-18(17)14-25(24)30(28)40/h1-16H. The summed E-state index contributed by atoms with van der Waals surface area (Å²) in [6.07, 6.45) is -7.84. The van der Waals surface area contributed by atoms with Crippen molar-refractivity contribution in [2.45, 2.75) is 12.4 Å². The molecule has 43 heavy (non-hydrogen) atoms. The lowest BCUT2D eigenvalue weighted by molar-refractivity contribution is -0.138. The summed E-state index contributed by atoms with van der Waals surface area (Å²) in [7, 11) is -4.76. The van der Waals surface area contributed by atoms with E-state index in [1.807, 2.05) is 0 Å². The number of hydrogen-bond donors (Lipinski definition) is 0. The Morgan fingerprint density at radius 3 is 1.35 bits per heavy atom. The molecule has 11 heteroatoms. The molecule has 216 valence electrons. The molecular weight excluding hydrogens is 594 g/mol. The number of alkyl halides is 6. The molecule has 4 aromatic carbocycles. The molecule has 4 nitrogen and oxygen atoms in total. The molecule has 0 fully saturated rings. The van der Waals surface area contributed by atoms with Gasteiger partial charge in [0.2, 0.25) is 9.84 Å². The summed E-state index contributed by atoms with van der Waals surface area (Å²) in [6.45, 7) is 0. The summed E-state index contributed by atoms with van der Waals surface area (Å²) in [5.74, 6) is -1.50. The summed E-state index contributed by atoms with van der Waals surface area (Å²) in [4.78, 5) is 25.7. The van der Waals surface area contributed by atoms with Crippen LogP contribution in [0, 0.1) is 0 Å². The third kappa shape index (κ3) is 4.79. The number of ketones is 2. The fourth-order valence-corrected chi connectivity index (χ4v) is 6.84. The first-order chi connectivity index (χ1) is 20.2. The number of sulfone groups is 1. The summed E-state index contributed by atoms with van der Waals surface area (Å²) in [5, 5.41) is 1.31. The van der Waals surface area contributed by atoms with E-state index in [0.717, 1.165) is 48.6 Å². The number of rotatable bonds is 2. The van der Waals surface area contributed by atoms with Crippen molar-refractivity contribution in [3.05, 3.63) is 142 Å². The summed E-state index contributed by atoms with van der Waals surface area (Å²) < 4.78 is 109. The zero-order chi connectivity index (χ0) is 30.9. The average Bonchev–Trinajstić information content (AvgIpc) is 3.19. The predicted molar refractivity (Wildman–Crippen MR) is 147 cm³/mol. The molecule has 0 radical (unpaired) electrons. The van der Waals surface area contributed by atoms with E-state index in [9.17, 15) is 44.3 Å². The molecule has 0 bridgehead atoms. The van der Waals surface area contributed by atoms with Crippen LogP contribution in [-0.4, -0.2) is 20.0 Å². The average molecular weight is 611 g/mol. The minimum atomic E-state index is -4.84. The fourth-order valence-electron chi connectivity index (χ4n) is 5.17. The molecule has 0 saturated heterocycles. The van der Waals surface area contributed by atoms with Crippen molar-refractivity contribution >= 4 is 42.0 Å². The Balaban J connectivity index is 1.63. The number of hydrogen-bond acceptors (Lipinski definition) is 4. The normalized spacial score (nSPS) is 16.8. The van der Waals surface area contributed by atoms with Gasteiger partial charge in [-0.25, -0.2) is 8.42 Å². The van der Waals surface area contributed by atoms with Gasteiger partial charge in [-0.15, -0.1) is 0 Å². The van der Waals surface area contributed by atoms with Crippen molar-refractivity contribution in [1.82, 2.24) is 0 Å². The van der Waals surface area contributed by atoms with Gasteiger partial charge < -0.3 is 0 Å². The maximum absolute atomic E-state index is 13.8. The third-order valence-corrected chi connectivity index (χ3v) is 9.08. The first-order valence-corrected chi connectivity index (χ1v) is 14.0. The molecule has 0 atom stereocenters. The minimum Gasteiger partial charge on any atom is -0.288 e. The van der Waals surface area contributed by atoms with E-state index >= 15 is 0 Å². The monoisotopic (exact) mass is 610 g/mol. The Morgan fingerprint density at radius 2 is 0.953 bits per heavy atom. The Kier molecular flexibility index (Phi) is 6.35. The van der Waals surface area contributed by atoms with Gasteiger partial charge in [-0.05, 0) is 76.0 Å². The summed E-state index contributed by atoms with van der Waals surface area (Å²) in [5.41, 5.74) is -3.81. The van der Waals surface area contributed by atoms with Crippen LogP contribution in [0.2, 0.25) is 0 Å². The Bertz CT molecular complexity index is 1960. The van der Waals surface area contributed by atoms with Gasteiger partial charge in [0.05, 0.1) is 26.5 Å². The molecule has 1 heterocycles. The highest BCUT2D eigenvalue weighted by molar-refractivity contribution is 8.09. The largest absolute Gasteiger partial charge is 0.416 e. The maximum atomic E-state index is 13.8. The summed E-state index contributed by atoms with van der Waals surface area (Å²) in [6, 6.07) is 16.7. The van der Waals surface area contributed by atoms with Crippen molar-refractivity contribution in [3.8, 4) is 0 Å². The van der Waals surface area contributed by atoms with E-state index in [2.05, 4.69) is 0 Å². The third-order valence-electron chi connectivity index (χ3n) is 7.22. The quantitative estimate of drug-likeness (QED) is 0.131. The van der Waals surface area contributed by atoms with Gasteiger partial charge in [0.15, 0.2) is 11.6 Å². The molecule has 2 aliphatic rings. The number of carbonyl (C=O) groups is 2. The lowest BCUT2D eigenvalue weighted by atomic mass is 9.99. The van der Waals surface area contributed by atoms with Crippen molar-refractivity contribution in [2.24, 2.45) is 0 Å². The van der Waals surface area contributed by atoms with E-state index in [1.54, 1.807) is 24.3 Å². The molecule has 6 rings (SSSR count). The predicted octanol–water partition coefficient (Wildman–Crippen LogP) is 8.06. The topological polar surface area (TPSA) is 68.3 Å². The Labute approximate surface area is 240 Å². The van der Waals surface area contributed by atoms with Crippen LogP contribution >= 0.6 is 0 Å². The number of carbonyl (C=O) groups excluding carboxylic acids is 2. The second-order valence-corrected chi connectivity index (χ2v) is 11.8. The number of allylic oxidation sites excluding steroid dienone is 4. The maximum Gasteiger partial charge on any atom is 0.416 e. The van der Waals surface area contributed by atoms with E-state index < -0.39 is 71.4 Å². The fraction of sp³-hybridized carbons (Fsp3) is 0.0625. The molecule has 1 aliphatic heterocycles. The Morgan fingerprint density at radius 1 is 0.535 bits per heavy atom. The molecule has 0 aromatic heterocycles. The molecule has 0 saturated carbocycles. The van der Waals surface area contributed by atoms with Crippen LogP contribution in [0.4, 0.5) is 26.3 Å². The smallest absolute Gasteiger partial charge is 0.288 e. The highest BCUT2D eigenvalue weighted by Gasteiger charge is 2.40. The highest BCUT2D eigenvalue weighted by atomic mass is 32.2. The number of halogens is 6. The lowest BCUT2D eigenvalue weighted by Gasteiger charge is -2.20. The van der Waals surface area contributed by atoms with Gasteiger partial charge in [0.1, 0.15) is 0 Å². The Hall–Kier alpha value is -4.77. The first kappa shape index (κ1) is 28.4. The van der Waals surface area contributed by atoms with Crippen molar-refractivity contribution in [3.63, 3.8) is 0 Å². The van der Waals surface area contributed by atoms with E-state index in [4.69, 9.17) is 0 Å². The van der Waals surface area contributed by atoms with E-state index in [0.29, 0.717) is 22.9 Å².